The molecule has 0 saturated heterocycles. The summed E-state index contributed by atoms with van der Waals surface area (Å²) in [5, 5.41) is 0. The van der Waals surface area contributed by atoms with Gasteiger partial charge in [0.05, 0.1) is 0 Å². The second-order valence-electron chi connectivity index (χ2n) is 18.8. The summed E-state index contributed by atoms with van der Waals surface area (Å²) >= 11 is 0. The zero-order valence-corrected chi connectivity index (χ0v) is 44.2. The third-order valence-electron chi connectivity index (χ3n) is 12.2. The van der Waals surface area contributed by atoms with E-state index in [-0.39, 0.29) is 31.1 Å². The molecule has 0 radical (unpaired) electrons. The van der Waals surface area contributed by atoms with Crippen molar-refractivity contribution in [3.8, 4) is 0 Å². The zero-order chi connectivity index (χ0) is 48.6. The number of hydrogen-bond acceptors (Lipinski definition) is 6. The van der Waals surface area contributed by atoms with Crippen LogP contribution in [0.25, 0.3) is 0 Å². The average Bonchev–Trinajstić information content (AvgIpc) is 3.33. The van der Waals surface area contributed by atoms with Crippen LogP contribution in [0.15, 0.2) is 72.9 Å². The number of carbonyl (C=O) groups excluding carboxylic acids is 3. The van der Waals surface area contributed by atoms with Gasteiger partial charge >= 0.3 is 17.9 Å². The molecule has 1 unspecified atom stereocenters. The normalized spacial score (nSPS) is 12.6. The van der Waals surface area contributed by atoms with Gasteiger partial charge in [-0.05, 0) is 109 Å². The first-order valence-electron chi connectivity index (χ1n) is 28.4. The van der Waals surface area contributed by atoms with E-state index in [1.54, 1.807) is 0 Å². The van der Waals surface area contributed by atoms with Crippen LogP contribution in [0.5, 0.6) is 0 Å². The van der Waals surface area contributed by atoms with Gasteiger partial charge in [-0.1, -0.05) is 222 Å². The predicted molar refractivity (Wildman–Crippen MR) is 288 cm³/mol. The van der Waals surface area contributed by atoms with E-state index in [9.17, 15) is 14.4 Å². The van der Waals surface area contributed by atoms with E-state index in [1.807, 2.05) is 0 Å². The Balaban J connectivity index is 4.37. The molecule has 0 N–H and O–H groups in total. The third kappa shape index (κ3) is 53.7. The first kappa shape index (κ1) is 63.8. The summed E-state index contributed by atoms with van der Waals surface area (Å²) < 4.78 is 16.8. The Morgan fingerprint density at radius 3 is 0.970 bits per heavy atom. The summed E-state index contributed by atoms with van der Waals surface area (Å²) in [6, 6.07) is 0. The number of esters is 3. The number of hydrogen-bond donors (Lipinski definition) is 0. The minimum atomic E-state index is -0.795. The van der Waals surface area contributed by atoms with E-state index in [4.69, 9.17) is 14.2 Å². The molecule has 0 rings (SSSR count). The van der Waals surface area contributed by atoms with Crippen molar-refractivity contribution in [3.05, 3.63) is 72.9 Å². The predicted octanol–water partition coefficient (Wildman–Crippen LogP) is 19.0. The molecule has 0 bridgehead atoms. The highest BCUT2D eigenvalue weighted by molar-refractivity contribution is 5.71. The maximum Gasteiger partial charge on any atom is 0.306 e. The van der Waals surface area contributed by atoms with Gasteiger partial charge < -0.3 is 14.2 Å². The first-order chi connectivity index (χ1) is 33.0. The number of carbonyl (C=O) groups is 3. The van der Waals surface area contributed by atoms with Crippen molar-refractivity contribution in [2.24, 2.45) is 0 Å². The van der Waals surface area contributed by atoms with E-state index in [0.717, 1.165) is 109 Å². The lowest BCUT2D eigenvalue weighted by Gasteiger charge is -2.18. The standard InChI is InChI=1S/C61H106O6/c1-4-7-10-13-16-19-22-25-27-28-29-30-31-32-34-36-39-42-45-48-51-54-60(63)66-57-58(56-65-59(62)53-50-47-44-41-38-35-24-21-18-15-12-9-6-3)67-61(64)55-52-49-46-43-40-37-33-26-23-20-17-14-11-8-5-2/h9,12,17-18,20-21,26,28-29,33,35,38,58H,4-8,10-11,13-16,19,22-25,27,30-32,34,36-37,39-57H2,1-3H3/b12-9-,20-17-,21-18-,29-28-,33-26-,38-35-. The van der Waals surface area contributed by atoms with E-state index < -0.39 is 6.10 Å². The lowest BCUT2D eigenvalue weighted by Crippen LogP contribution is -2.30. The van der Waals surface area contributed by atoms with Crippen LogP contribution in [-0.2, 0) is 28.6 Å². The maximum atomic E-state index is 12.8. The Hall–Kier alpha value is -3.15. The smallest absolute Gasteiger partial charge is 0.306 e. The summed E-state index contributed by atoms with van der Waals surface area (Å²) in [5.74, 6) is -0.932. The van der Waals surface area contributed by atoms with E-state index in [2.05, 4.69) is 93.7 Å². The number of rotatable bonds is 51. The molecule has 67 heavy (non-hydrogen) atoms. The summed E-state index contributed by atoms with van der Waals surface area (Å²) in [7, 11) is 0. The van der Waals surface area contributed by atoms with Gasteiger partial charge in [-0.2, -0.15) is 0 Å². The van der Waals surface area contributed by atoms with Crippen LogP contribution in [-0.4, -0.2) is 37.2 Å². The molecule has 0 aromatic heterocycles. The van der Waals surface area contributed by atoms with E-state index >= 15 is 0 Å². The van der Waals surface area contributed by atoms with Gasteiger partial charge in [-0.15, -0.1) is 0 Å². The second-order valence-corrected chi connectivity index (χ2v) is 18.8. The molecular formula is C61H106O6. The second kappa shape index (κ2) is 55.4. The van der Waals surface area contributed by atoms with Crippen LogP contribution < -0.4 is 0 Å². The van der Waals surface area contributed by atoms with Crippen molar-refractivity contribution in [2.75, 3.05) is 13.2 Å². The van der Waals surface area contributed by atoms with Crippen molar-refractivity contribution < 1.29 is 28.6 Å². The molecule has 0 aromatic carbocycles. The van der Waals surface area contributed by atoms with Gasteiger partial charge in [0, 0.05) is 19.3 Å². The Morgan fingerprint density at radius 1 is 0.313 bits per heavy atom. The maximum absolute atomic E-state index is 12.8. The minimum absolute atomic E-state index is 0.0912. The van der Waals surface area contributed by atoms with Gasteiger partial charge in [0.25, 0.3) is 0 Å². The van der Waals surface area contributed by atoms with Gasteiger partial charge in [-0.25, -0.2) is 0 Å². The molecule has 0 aliphatic heterocycles. The Bertz CT molecular complexity index is 1260. The van der Waals surface area contributed by atoms with Gasteiger partial charge in [-0.3, -0.25) is 14.4 Å². The SMILES string of the molecule is CC/C=C\C/C=C\C/C=C\CCCCCC(=O)OCC(COC(=O)CCCCCCCCCCC/C=C\CCCCCCCCCC)OC(=O)CCCCCCC/C=C\C/C=C\CCCCC. The van der Waals surface area contributed by atoms with Crippen LogP contribution in [0.2, 0.25) is 0 Å². The summed E-state index contributed by atoms with van der Waals surface area (Å²) in [5.41, 5.74) is 0. The molecule has 6 nitrogen and oxygen atoms in total. The van der Waals surface area contributed by atoms with Gasteiger partial charge in [0.1, 0.15) is 13.2 Å². The molecule has 1 atom stereocenters. The molecule has 0 aliphatic carbocycles. The molecular weight excluding hydrogens is 829 g/mol. The monoisotopic (exact) mass is 935 g/mol. The molecule has 0 saturated carbocycles. The van der Waals surface area contributed by atoms with Crippen LogP contribution in [0, 0.1) is 0 Å². The molecule has 0 aliphatic rings. The highest BCUT2D eigenvalue weighted by atomic mass is 16.6. The molecule has 0 spiro atoms. The van der Waals surface area contributed by atoms with Crippen molar-refractivity contribution in [3.63, 3.8) is 0 Å². The average molecular weight is 936 g/mol. The molecule has 0 aromatic rings. The van der Waals surface area contributed by atoms with Crippen molar-refractivity contribution in [1.29, 1.82) is 0 Å². The summed E-state index contributed by atoms with van der Waals surface area (Å²) in [6.45, 7) is 6.47. The lowest BCUT2D eigenvalue weighted by molar-refractivity contribution is -0.167. The summed E-state index contributed by atoms with van der Waals surface area (Å²) in [6.07, 6.45) is 70.4. The van der Waals surface area contributed by atoms with Crippen molar-refractivity contribution in [2.45, 2.75) is 284 Å². The molecule has 0 fully saturated rings. The van der Waals surface area contributed by atoms with E-state index in [1.165, 1.54) is 128 Å². The van der Waals surface area contributed by atoms with E-state index in [0.29, 0.717) is 19.3 Å². The van der Waals surface area contributed by atoms with Crippen molar-refractivity contribution >= 4 is 17.9 Å². The highest BCUT2D eigenvalue weighted by Crippen LogP contribution is 2.15. The fraction of sp³-hybridized carbons (Fsp3) is 0.754. The number of allylic oxidation sites excluding steroid dienone is 12. The van der Waals surface area contributed by atoms with Crippen LogP contribution in [0.1, 0.15) is 278 Å². The quantitative estimate of drug-likeness (QED) is 0.0262. The molecule has 6 heteroatoms. The highest BCUT2D eigenvalue weighted by Gasteiger charge is 2.19. The zero-order valence-electron chi connectivity index (χ0n) is 44.2. The Kier molecular flexibility index (Phi) is 52.8. The fourth-order valence-electron chi connectivity index (χ4n) is 7.89. The third-order valence-corrected chi connectivity index (χ3v) is 12.2. The molecule has 0 heterocycles. The fourth-order valence-corrected chi connectivity index (χ4v) is 7.89. The number of ether oxygens (including phenoxy) is 3. The van der Waals surface area contributed by atoms with Crippen LogP contribution in [0.3, 0.4) is 0 Å². The topological polar surface area (TPSA) is 78.9 Å². The first-order valence-corrected chi connectivity index (χ1v) is 28.4. The largest absolute Gasteiger partial charge is 0.462 e. The Morgan fingerprint density at radius 2 is 0.582 bits per heavy atom. The lowest BCUT2D eigenvalue weighted by atomic mass is 10.1. The van der Waals surface area contributed by atoms with Crippen LogP contribution in [0.4, 0.5) is 0 Å². The minimum Gasteiger partial charge on any atom is -0.462 e. The molecule has 386 valence electrons. The number of unbranched alkanes of at least 4 members (excludes halogenated alkanes) is 28. The summed E-state index contributed by atoms with van der Waals surface area (Å²) in [4.78, 5) is 38.1. The Labute approximate surface area is 414 Å². The van der Waals surface area contributed by atoms with Crippen molar-refractivity contribution in [1.82, 2.24) is 0 Å². The van der Waals surface area contributed by atoms with Gasteiger partial charge in [0.15, 0.2) is 6.10 Å². The van der Waals surface area contributed by atoms with Crippen LogP contribution >= 0.6 is 0 Å². The van der Waals surface area contributed by atoms with Gasteiger partial charge in [0.2, 0.25) is 0 Å². The molecule has 0 amide bonds.